The Morgan fingerprint density at radius 2 is 1.25 bits per heavy atom. The lowest BCUT2D eigenvalue weighted by Gasteiger charge is -2.08. The maximum absolute atomic E-state index is 11.7. The molecule has 0 aliphatic rings. The molecule has 0 heterocycles. The molecule has 0 saturated carbocycles. The summed E-state index contributed by atoms with van der Waals surface area (Å²) >= 11 is 0. The van der Waals surface area contributed by atoms with Crippen molar-refractivity contribution in [2.24, 2.45) is 0 Å². The molecule has 0 fully saturated rings. The molecule has 152 valence electrons. The van der Waals surface area contributed by atoms with Gasteiger partial charge >= 0.3 is 5.97 Å². The lowest BCUT2D eigenvalue weighted by Crippen LogP contribution is -2.03. The molecule has 3 nitrogen and oxygen atoms in total. The van der Waals surface area contributed by atoms with Crippen LogP contribution in [0.15, 0.2) is 48.5 Å². The van der Waals surface area contributed by atoms with Gasteiger partial charge in [0, 0.05) is 0 Å². The number of hydrogen-bond donors (Lipinski definition) is 0. The predicted molar refractivity (Wildman–Crippen MR) is 116 cm³/mol. The zero-order valence-corrected chi connectivity index (χ0v) is 17.4. The van der Waals surface area contributed by atoms with E-state index in [2.05, 4.69) is 19.1 Å². The van der Waals surface area contributed by atoms with Crippen LogP contribution in [0.5, 0.6) is 5.75 Å². The lowest BCUT2D eigenvalue weighted by atomic mass is 10.0. The molecule has 0 radical (unpaired) electrons. The first-order valence-corrected chi connectivity index (χ1v) is 10.7. The SMILES string of the molecule is CCCCCCCCCCOc1ccc(-c2ccc(C(=O)OCC)cc2)cc1. The van der Waals surface area contributed by atoms with Gasteiger partial charge in [-0.15, -0.1) is 0 Å². The molecule has 0 bridgehead atoms. The molecule has 2 rings (SSSR count). The summed E-state index contributed by atoms with van der Waals surface area (Å²) in [7, 11) is 0. The second-order valence-electron chi connectivity index (χ2n) is 7.15. The summed E-state index contributed by atoms with van der Waals surface area (Å²) in [4.78, 5) is 11.7. The third kappa shape index (κ3) is 7.75. The van der Waals surface area contributed by atoms with E-state index in [-0.39, 0.29) is 5.97 Å². The molecule has 2 aromatic rings. The lowest BCUT2D eigenvalue weighted by molar-refractivity contribution is 0.0526. The van der Waals surface area contributed by atoms with Gasteiger partial charge in [-0.1, -0.05) is 76.1 Å². The maximum atomic E-state index is 11.7. The normalized spacial score (nSPS) is 10.6. The minimum Gasteiger partial charge on any atom is -0.494 e. The minimum atomic E-state index is -0.279. The van der Waals surface area contributed by atoms with E-state index in [1.54, 1.807) is 12.1 Å². The Balaban J connectivity index is 1.71. The Labute approximate surface area is 170 Å². The highest BCUT2D eigenvalue weighted by Gasteiger charge is 2.06. The van der Waals surface area contributed by atoms with Gasteiger partial charge in [-0.2, -0.15) is 0 Å². The summed E-state index contributed by atoms with van der Waals surface area (Å²) in [6, 6.07) is 15.6. The summed E-state index contributed by atoms with van der Waals surface area (Å²) in [5.41, 5.74) is 2.76. The van der Waals surface area contributed by atoms with Crippen LogP contribution in [0.2, 0.25) is 0 Å². The van der Waals surface area contributed by atoms with Crippen molar-refractivity contribution in [2.75, 3.05) is 13.2 Å². The van der Waals surface area contributed by atoms with Crippen molar-refractivity contribution in [1.82, 2.24) is 0 Å². The summed E-state index contributed by atoms with van der Waals surface area (Å²) in [5, 5.41) is 0. The Morgan fingerprint density at radius 1 is 0.714 bits per heavy atom. The van der Waals surface area contributed by atoms with E-state index in [9.17, 15) is 4.79 Å². The molecule has 0 atom stereocenters. The number of carbonyl (C=O) groups is 1. The summed E-state index contributed by atoms with van der Waals surface area (Å²) in [6.45, 7) is 5.24. The average Bonchev–Trinajstić information content (AvgIpc) is 2.73. The standard InChI is InChI=1S/C25H34O3/c1-3-5-6-7-8-9-10-11-20-28-24-18-16-22(17-19-24)21-12-14-23(15-13-21)25(26)27-4-2/h12-19H,3-11,20H2,1-2H3. The Hall–Kier alpha value is -2.29. The summed E-state index contributed by atoms with van der Waals surface area (Å²) < 4.78 is 10.9. The van der Waals surface area contributed by atoms with Crippen LogP contribution in [-0.4, -0.2) is 19.2 Å². The van der Waals surface area contributed by atoms with Gasteiger partial charge in [-0.3, -0.25) is 0 Å². The second-order valence-corrected chi connectivity index (χ2v) is 7.15. The van der Waals surface area contributed by atoms with Gasteiger partial charge in [0.1, 0.15) is 5.75 Å². The van der Waals surface area contributed by atoms with Gasteiger partial charge in [0.15, 0.2) is 0 Å². The van der Waals surface area contributed by atoms with E-state index in [0.717, 1.165) is 29.9 Å². The Morgan fingerprint density at radius 3 is 1.82 bits per heavy atom. The quantitative estimate of drug-likeness (QED) is 0.275. The molecule has 0 spiro atoms. The molecule has 0 aliphatic carbocycles. The van der Waals surface area contributed by atoms with Gasteiger partial charge < -0.3 is 9.47 Å². The molecular weight excluding hydrogens is 348 g/mol. The summed E-state index contributed by atoms with van der Waals surface area (Å²) in [5.74, 6) is 0.633. The second kappa shape index (κ2) is 13.0. The molecule has 0 aliphatic heterocycles. The zero-order chi connectivity index (χ0) is 20.0. The van der Waals surface area contributed by atoms with Crippen LogP contribution in [0.25, 0.3) is 11.1 Å². The fourth-order valence-corrected chi connectivity index (χ4v) is 3.18. The van der Waals surface area contributed by atoms with Crippen molar-refractivity contribution in [2.45, 2.75) is 65.2 Å². The first-order valence-electron chi connectivity index (χ1n) is 10.7. The number of carbonyl (C=O) groups excluding carboxylic acids is 1. The highest BCUT2D eigenvalue weighted by Crippen LogP contribution is 2.23. The maximum Gasteiger partial charge on any atom is 0.338 e. The highest BCUT2D eigenvalue weighted by molar-refractivity contribution is 5.90. The minimum absolute atomic E-state index is 0.279. The third-order valence-corrected chi connectivity index (χ3v) is 4.85. The van der Waals surface area contributed by atoms with E-state index in [1.807, 2.05) is 31.2 Å². The molecule has 28 heavy (non-hydrogen) atoms. The molecule has 0 saturated heterocycles. The van der Waals surface area contributed by atoms with Crippen LogP contribution in [-0.2, 0) is 4.74 Å². The topological polar surface area (TPSA) is 35.5 Å². The number of benzene rings is 2. The molecule has 3 heteroatoms. The molecule has 0 N–H and O–H groups in total. The highest BCUT2D eigenvalue weighted by atomic mass is 16.5. The number of hydrogen-bond acceptors (Lipinski definition) is 3. The number of esters is 1. The van der Waals surface area contributed by atoms with E-state index in [0.29, 0.717) is 12.2 Å². The van der Waals surface area contributed by atoms with Crippen molar-refractivity contribution in [1.29, 1.82) is 0 Å². The van der Waals surface area contributed by atoms with Crippen molar-refractivity contribution in [3.8, 4) is 16.9 Å². The van der Waals surface area contributed by atoms with Crippen LogP contribution < -0.4 is 4.74 Å². The van der Waals surface area contributed by atoms with Crippen molar-refractivity contribution in [3.05, 3.63) is 54.1 Å². The number of unbranched alkanes of at least 4 members (excludes halogenated alkanes) is 7. The third-order valence-electron chi connectivity index (χ3n) is 4.85. The Kier molecular flexibility index (Phi) is 10.2. The van der Waals surface area contributed by atoms with Crippen LogP contribution in [0.4, 0.5) is 0 Å². The van der Waals surface area contributed by atoms with Crippen LogP contribution in [0, 0.1) is 0 Å². The van der Waals surface area contributed by atoms with E-state index in [4.69, 9.17) is 9.47 Å². The fourth-order valence-electron chi connectivity index (χ4n) is 3.18. The number of ether oxygens (including phenoxy) is 2. The van der Waals surface area contributed by atoms with E-state index < -0.39 is 0 Å². The molecular formula is C25H34O3. The van der Waals surface area contributed by atoms with Crippen LogP contribution >= 0.6 is 0 Å². The fraction of sp³-hybridized carbons (Fsp3) is 0.480. The van der Waals surface area contributed by atoms with E-state index >= 15 is 0 Å². The smallest absolute Gasteiger partial charge is 0.338 e. The molecule has 2 aromatic carbocycles. The van der Waals surface area contributed by atoms with Crippen molar-refractivity contribution in [3.63, 3.8) is 0 Å². The van der Waals surface area contributed by atoms with E-state index in [1.165, 1.54) is 44.9 Å². The first-order chi connectivity index (χ1) is 13.7. The number of rotatable bonds is 13. The first kappa shape index (κ1) is 22.0. The van der Waals surface area contributed by atoms with Gasteiger partial charge in [0.2, 0.25) is 0 Å². The van der Waals surface area contributed by atoms with Crippen LogP contribution in [0.1, 0.15) is 75.6 Å². The molecule has 0 unspecified atom stereocenters. The monoisotopic (exact) mass is 382 g/mol. The average molecular weight is 383 g/mol. The van der Waals surface area contributed by atoms with Crippen LogP contribution in [0.3, 0.4) is 0 Å². The van der Waals surface area contributed by atoms with Crippen molar-refractivity contribution >= 4 is 5.97 Å². The summed E-state index contributed by atoms with van der Waals surface area (Å²) in [6.07, 6.45) is 10.5. The van der Waals surface area contributed by atoms with Gasteiger partial charge in [0.05, 0.1) is 18.8 Å². The van der Waals surface area contributed by atoms with Gasteiger partial charge in [-0.05, 0) is 48.7 Å². The van der Waals surface area contributed by atoms with Crippen molar-refractivity contribution < 1.29 is 14.3 Å². The Bertz CT molecular complexity index is 674. The molecule has 0 aromatic heterocycles. The largest absolute Gasteiger partial charge is 0.494 e. The predicted octanol–water partition coefficient (Wildman–Crippen LogP) is 7.05. The zero-order valence-electron chi connectivity index (χ0n) is 17.4. The van der Waals surface area contributed by atoms with Gasteiger partial charge in [-0.25, -0.2) is 4.79 Å². The van der Waals surface area contributed by atoms with Gasteiger partial charge in [0.25, 0.3) is 0 Å². The molecule has 0 amide bonds.